The maximum atomic E-state index is 4.34. The van der Waals surface area contributed by atoms with Crippen LogP contribution < -0.4 is 5.32 Å². The Morgan fingerprint density at radius 2 is 2.07 bits per heavy atom. The van der Waals surface area contributed by atoms with Crippen LogP contribution in [0, 0.1) is 13.8 Å². The average molecular weight is 205 g/mol. The average Bonchev–Trinajstić information content (AvgIpc) is 2.60. The van der Waals surface area contributed by atoms with E-state index in [0.717, 1.165) is 17.2 Å². The first-order valence-electron chi connectivity index (χ1n) is 5.00. The highest BCUT2D eigenvalue weighted by Crippen LogP contribution is 2.13. The molecule has 0 aliphatic rings. The van der Waals surface area contributed by atoms with Crippen molar-refractivity contribution in [3.63, 3.8) is 0 Å². The predicted octanol–water partition coefficient (Wildman–Crippen LogP) is 1.02. The van der Waals surface area contributed by atoms with E-state index >= 15 is 0 Å². The fraction of sp³-hybridized carbons (Fsp3) is 0.500. The molecule has 0 amide bonds. The van der Waals surface area contributed by atoms with Crippen LogP contribution in [0.15, 0.2) is 6.07 Å². The Balaban J connectivity index is 2.69. The van der Waals surface area contributed by atoms with E-state index in [-0.39, 0.29) is 6.04 Å². The SMILES string of the molecule is CNC(C)c1nnc2nc(C)cc(C)n12. The second kappa shape index (κ2) is 3.58. The third-order valence-electron chi connectivity index (χ3n) is 2.54. The van der Waals surface area contributed by atoms with Crippen LogP contribution in [0.2, 0.25) is 0 Å². The number of aryl methyl sites for hydroxylation is 2. The highest BCUT2D eigenvalue weighted by Gasteiger charge is 2.13. The van der Waals surface area contributed by atoms with Gasteiger partial charge < -0.3 is 5.32 Å². The summed E-state index contributed by atoms with van der Waals surface area (Å²) < 4.78 is 1.98. The van der Waals surface area contributed by atoms with E-state index in [2.05, 4.69) is 27.4 Å². The molecule has 0 aliphatic heterocycles. The van der Waals surface area contributed by atoms with Crippen molar-refractivity contribution in [1.29, 1.82) is 0 Å². The molecule has 2 heterocycles. The summed E-state index contributed by atoms with van der Waals surface area (Å²) in [6, 6.07) is 2.20. The third kappa shape index (κ3) is 1.59. The molecular weight excluding hydrogens is 190 g/mol. The van der Waals surface area contributed by atoms with Crippen LogP contribution >= 0.6 is 0 Å². The molecule has 1 unspecified atom stereocenters. The second-order valence-electron chi connectivity index (χ2n) is 3.74. The van der Waals surface area contributed by atoms with Crippen LogP contribution in [-0.4, -0.2) is 26.6 Å². The summed E-state index contributed by atoms with van der Waals surface area (Å²) in [5.41, 5.74) is 2.08. The molecule has 0 saturated carbocycles. The van der Waals surface area contributed by atoms with Crippen molar-refractivity contribution in [2.24, 2.45) is 0 Å². The van der Waals surface area contributed by atoms with E-state index in [9.17, 15) is 0 Å². The molecule has 0 fully saturated rings. The van der Waals surface area contributed by atoms with Crippen molar-refractivity contribution in [2.45, 2.75) is 26.8 Å². The van der Waals surface area contributed by atoms with Gasteiger partial charge in [0.2, 0.25) is 0 Å². The van der Waals surface area contributed by atoms with E-state index in [0.29, 0.717) is 5.78 Å². The minimum atomic E-state index is 0.170. The minimum absolute atomic E-state index is 0.170. The fourth-order valence-corrected chi connectivity index (χ4v) is 1.66. The zero-order chi connectivity index (χ0) is 11.0. The summed E-state index contributed by atoms with van der Waals surface area (Å²) >= 11 is 0. The number of aromatic nitrogens is 4. The molecule has 1 atom stereocenters. The van der Waals surface area contributed by atoms with Gasteiger partial charge in [0.15, 0.2) is 5.82 Å². The first-order valence-corrected chi connectivity index (χ1v) is 5.00. The normalized spacial score (nSPS) is 13.3. The molecular formula is C10H15N5. The molecule has 1 N–H and O–H groups in total. The molecule has 2 aromatic rings. The van der Waals surface area contributed by atoms with Crippen molar-refractivity contribution >= 4 is 5.78 Å². The maximum absolute atomic E-state index is 4.34. The minimum Gasteiger partial charge on any atom is -0.311 e. The second-order valence-corrected chi connectivity index (χ2v) is 3.74. The van der Waals surface area contributed by atoms with E-state index in [4.69, 9.17) is 0 Å². The Morgan fingerprint density at radius 1 is 1.33 bits per heavy atom. The monoisotopic (exact) mass is 205 g/mol. The van der Waals surface area contributed by atoms with Gasteiger partial charge in [0, 0.05) is 11.4 Å². The lowest BCUT2D eigenvalue weighted by Gasteiger charge is -2.09. The number of nitrogens with one attached hydrogen (secondary N) is 1. The van der Waals surface area contributed by atoms with Crippen LogP contribution in [-0.2, 0) is 0 Å². The Bertz CT molecular complexity index is 488. The molecule has 0 saturated heterocycles. The number of rotatable bonds is 2. The number of hydrogen-bond acceptors (Lipinski definition) is 4. The van der Waals surface area contributed by atoms with Gasteiger partial charge in [-0.1, -0.05) is 0 Å². The topological polar surface area (TPSA) is 55.1 Å². The lowest BCUT2D eigenvalue weighted by Crippen LogP contribution is -2.16. The fourth-order valence-electron chi connectivity index (χ4n) is 1.66. The highest BCUT2D eigenvalue weighted by molar-refractivity contribution is 5.33. The molecule has 0 aliphatic carbocycles. The summed E-state index contributed by atoms with van der Waals surface area (Å²) in [5, 5.41) is 11.4. The lowest BCUT2D eigenvalue weighted by molar-refractivity contribution is 0.600. The zero-order valence-corrected chi connectivity index (χ0v) is 9.44. The van der Waals surface area contributed by atoms with Gasteiger partial charge in [0.1, 0.15) is 0 Å². The Morgan fingerprint density at radius 3 is 2.73 bits per heavy atom. The molecule has 80 valence electrons. The van der Waals surface area contributed by atoms with E-state index in [1.54, 1.807) is 0 Å². The van der Waals surface area contributed by atoms with Gasteiger partial charge in [0.25, 0.3) is 5.78 Å². The Labute approximate surface area is 88.6 Å². The molecule has 0 bridgehead atoms. The molecule has 0 spiro atoms. The summed E-state index contributed by atoms with van der Waals surface area (Å²) in [6.07, 6.45) is 0. The molecule has 0 radical (unpaired) electrons. The van der Waals surface area contributed by atoms with Crippen LogP contribution in [0.3, 0.4) is 0 Å². The van der Waals surface area contributed by atoms with Gasteiger partial charge in [-0.25, -0.2) is 4.98 Å². The van der Waals surface area contributed by atoms with Crippen LogP contribution in [0.4, 0.5) is 0 Å². The van der Waals surface area contributed by atoms with E-state index in [1.165, 1.54) is 0 Å². The number of fused-ring (bicyclic) bond motifs is 1. The first-order chi connectivity index (χ1) is 7.13. The smallest absolute Gasteiger partial charge is 0.255 e. The molecule has 0 aromatic carbocycles. The van der Waals surface area contributed by atoms with Crippen molar-refractivity contribution in [2.75, 3.05) is 7.05 Å². The van der Waals surface area contributed by atoms with Crippen LogP contribution in [0.5, 0.6) is 0 Å². The van der Waals surface area contributed by atoms with Crippen molar-refractivity contribution < 1.29 is 0 Å². The van der Waals surface area contributed by atoms with E-state index in [1.807, 2.05) is 31.4 Å². The summed E-state index contributed by atoms with van der Waals surface area (Å²) in [4.78, 5) is 4.34. The first kappa shape index (κ1) is 10.0. The van der Waals surface area contributed by atoms with Gasteiger partial charge in [-0.15, -0.1) is 10.2 Å². The van der Waals surface area contributed by atoms with E-state index < -0.39 is 0 Å². The molecule has 5 nitrogen and oxygen atoms in total. The largest absolute Gasteiger partial charge is 0.311 e. The van der Waals surface area contributed by atoms with Gasteiger partial charge in [-0.3, -0.25) is 4.40 Å². The molecule has 2 rings (SSSR count). The van der Waals surface area contributed by atoms with Gasteiger partial charge in [-0.2, -0.15) is 0 Å². The number of hydrogen-bond donors (Lipinski definition) is 1. The van der Waals surface area contributed by atoms with Crippen LogP contribution in [0.25, 0.3) is 5.78 Å². The highest BCUT2D eigenvalue weighted by atomic mass is 15.3. The summed E-state index contributed by atoms with van der Waals surface area (Å²) in [5.74, 6) is 1.57. The predicted molar refractivity (Wildman–Crippen MR) is 57.7 cm³/mol. The van der Waals surface area contributed by atoms with Crippen molar-refractivity contribution in [3.05, 3.63) is 23.3 Å². The molecule has 15 heavy (non-hydrogen) atoms. The van der Waals surface area contributed by atoms with Gasteiger partial charge >= 0.3 is 0 Å². The maximum Gasteiger partial charge on any atom is 0.255 e. The zero-order valence-electron chi connectivity index (χ0n) is 9.44. The van der Waals surface area contributed by atoms with Gasteiger partial charge in [0.05, 0.1) is 6.04 Å². The van der Waals surface area contributed by atoms with Crippen molar-refractivity contribution in [1.82, 2.24) is 24.9 Å². The third-order valence-corrected chi connectivity index (χ3v) is 2.54. The Kier molecular flexibility index (Phi) is 2.40. The number of nitrogens with zero attached hydrogens (tertiary/aromatic N) is 4. The summed E-state index contributed by atoms with van der Waals surface area (Å²) in [7, 11) is 1.91. The van der Waals surface area contributed by atoms with Crippen LogP contribution in [0.1, 0.15) is 30.2 Å². The molecule has 2 aromatic heterocycles. The standard InChI is InChI=1S/C10H15N5/c1-6-5-7(2)15-9(8(3)11-4)13-14-10(15)12-6/h5,8,11H,1-4H3. The van der Waals surface area contributed by atoms with Gasteiger partial charge in [-0.05, 0) is 33.9 Å². The summed E-state index contributed by atoms with van der Waals surface area (Å²) in [6.45, 7) is 6.05. The lowest BCUT2D eigenvalue weighted by atomic mass is 10.3. The molecule has 5 heteroatoms. The van der Waals surface area contributed by atoms with Crippen molar-refractivity contribution in [3.8, 4) is 0 Å². The Hall–Kier alpha value is -1.49. The quantitative estimate of drug-likeness (QED) is 0.795.